The molecule has 1 aliphatic heterocycles. The Morgan fingerprint density at radius 2 is 2.15 bits per heavy atom. The summed E-state index contributed by atoms with van der Waals surface area (Å²) in [5.74, 6) is 0.900. The summed E-state index contributed by atoms with van der Waals surface area (Å²) in [6, 6.07) is 0. The molecular formula is C15H25N3O2. The molecule has 2 heterocycles. The quantitative estimate of drug-likeness (QED) is 0.897. The number of aromatic nitrogens is 2. The van der Waals surface area contributed by atoms with Gasteiger partial charge in [0.2, 0.25) is 0 Å². The first-order valence-corrected chi connectivity index (χ1v) is 7.37. The minimum Gasteiger partial charge on any atom is -0.381 e. The van der Waals surface area contributed by atoms with E-state index >= 15 is 0 Å². The number of ether oxygens (including phenoxy) is 1. The normalized spacial score (nSPS) is 18.2. The zero-order chi connectivity index (χ0) is 14.6. The highest BCUT2D eigenvalue weighted by Gasteiger charge is 2.27. The van der Waals surface area contributed by atoms with E-state index in [-0.39, 0.29) is 11.0 Å². The Morgan fingerprint density at radius 1 is 1.45 bits per heavy atom. The fourth-order valence-electron chi connectivity index (χ4n) is 2.44. The molecule has 1 saturated heterocycles. The molecule has 112 valence electrons. The van der Waals surface area contributed by atoms with Crippen LogP contribution in [0.3, 0.4) is 0 Å². The lowest BCUT2D eigenvalue weighted by Crippen LogP contribution is -2.35. The number of hydrogen-bond donors (Lipinski definition) is 1. The van der Waals surface area contributed by atoms with Gasteiger partial charge in [0, 0.05) is 38.7 Å². The summed E-state index contributed by atoms with van der Waals surface area (Å²) in [5.41, 5.74) is 0.155. The van der Waals surface area contributed by atoms with Crippen LogP contribution < -0.4 is 10.9 Å². The Kier molecular flexibility index (Phi) is 4.81. The maximum Gasteiger partial charge on any atom is 0.293 e. The van der Waals surface area contributed by atoms with Gasteiger partial charge in [-0.25, -0.2) is 4.98 Å². The van der Waals surface area contributed by atoms with Crippen LogP contribution in [0.4, 0.5) is 5.82 Å². The van der Waals surface area contributed by atoms with E-state index in [0.717, 1.165) is 39.1 Å². The van der Waals surface area contributed by atoms with Crippen molar-refractivity contribution in [1.29, 1.82) is 0 Å². The van der Waals surface area contributed by atoms with E-state index in [1.54, 1.807) is 17.0 Å². The molecule has 0 saturated carbocycles. The van der Waals surface area contributed by atoms with Gasteiger partial charge in [-0.2, -0.15) is 0 Å². The third kappa shape index (κ3) is 3.82. The highest BCUT2D eigenvalue weighted by Crippen LogP contribution is 2.29. The van der Waals surface area contributed by atoms with Crippen molar-refractivity contribution in [1.82, 2.24) is 9.55 Å². The monoisotopic (exact) mass is 279 g/mol. The van der Waals surface area contributed by atoms with Crippen LogP contribution in [0.15, 0.2) is 17.2 Å². The van der Waals surface area contributed by atoms with Gasteiger partial charge in [0.15, 0.2) is 5.82 Å². The molecule has 0 spiro atoms. The van der Waals surface area contributed by atoms with Crippen LogP contribution in [0.1, 0.15) is 33.6 Å². The Hall–Kier alpha value is -1.36. The van der Waals surface area contributed by atoms with Gasteiger partial charge in [-0.1, -0.05) is 20.8 Å². The predicted octanol–water partition coefficient (Wildman–Crippen LogP) is 2.13. The van der Waals surface area contributed by atoms with Crippen molar-refractivity contribution in [3.63, 3.8) is 0 Å². The van der Waals surface area contributed by atoms with Crippen molar-refractivity contribution in [2.24, 2.45) is 11.3 Å². The highest BCUT2D eigenvalue weighted by atomic mass is 16.5. The largest absolute Gasteiger partial charge is 0.381 e. The third-order valence-electron chi connectivity index (χ3n) is 3.86. The predicted molar refractivity (Wildman–Crippen MR) is 80.0 cm³/mol. The average molecular weight is 279 g/mol. The Bertz CT molecular complexity index is 490. The molecule has 1 aromatic rings. The summed E-state index contributed by atoms with van der Waals surface area (Å²) in [6.07, 6.45) is 5.49. The Labute approximate surface area is 120 Å². The smallest absolute Gasteiger partial charge is 0.293 e. The lowest BCUT2D eigenvalue weighted by molar-refractivity contribution is 0.0299. The van der Waals surface area contributed by atoms with Gasteiger partial charge in [0.05, 0.1) is 0 Å². The Balaban J connectivity index is 2.04. The molecule has 1 fully saturated rings. The standard InChI is InChI=1S/C15H25N3O2/c1-12(2)10-18-7-6-16-13(14(18)19)17-11-15(3)4-8-20-9-5-15/h6-7,12H,4-5,8-11H2,1-3H3,(H,16,17). The SMILES string of the molecule is CC(C)Cn1ccnc(NCC2(C)CCOCC2)c1=O. The maximum atomic E-state index is 12.3. The van der Waals surface area contributed by atoms with Crippen LogP contribution in [0.2, 0.25) is 0 Å². The second-order valence-corrected chi connectivity index (χ2v) is 6.40. The Morgan fingerprint density at radius 3 is 2.80 bits per heavy atom. The van der Waals surface area contributed by atoms with Gasteiger partial charge in [-0.3, -0.25) is 4.79 Å². The molecule has 2 rings (SSSR count). The summed E-state index contributed by atoms with van der Waals surface area (Å²) in [7, 11) is 0. The van der Waals surface area contributed by atoms with Crippen molar-refractivity contribution < 1.29 is 4.74 Å². The second kappa shape index (κ2) is 6.39. The molecule has 5 nitrogen and oxygen atoms in total. The molecule has 0 unspecified atom stereocenters. The van der Waals surface area contributed by atoms with Gasteiger partial charge in [-0.15, -0.1) is 0 Å². The van der Waals surface area contributed by atoms with Crippen LogP contribution in [0, 0.1) is 11.3 Å². The van der Waals surface area contributed by atoms with Crippen LogP contribution in [0.5, 0.6) is 0 Å². The fourth-order valence-corrected chi connectivity index (χ4v) is 2.44. The topological polar surface area (TPSA) is 56.1 Å². The van der Waals surface area contributed by atoms with E-state index < -0.39 is 0 Å². The van der Waals surface area contributed by atoms with E-state index in [2.05, 4.69) is 31.1 Å². The van der Waals surface area contributed by atoms with Crippen molar-refractivity contribution >= 4 is 5.82 Å². The minimum absolute atomic E-state index is 0.0307. The van der Waals surface area contributed by atoms with Crippen LogP contribution >= 0.6 is 0 Å². The number of anilines is 1. The molecule has 0 aromatic carbocycles. The van der Waals surface area contributed by atoms with Crippen LogP contribution in [-0.4, -0.2) is 29.3 Å². The van der Waals surface area contributed by atoms with Gasteiger partial charge >= 0.3 is 0 Å². The van der Waals surface area contributed by atoms with E-state index in [0.29, 0.717) is 11.7 Å². The number of hydrogen-bond acceptors (Lipinski definition) is 4. The zero-order valence-electron chi connectivity index (χ0n) is 12.7. The molecular weight excluding hydrogens is 254 g/mol. The molecule has 1 aromatic heterocycles. The van der Waals surface area contributed by atoms with Crippen LogP contribution in [-0.2, 0) is 11.3 Å². The third-order valence-corrected chi connectivity index (χ3v) is 3.86. The molecule has 1 aliphatic rings. The molecule has 5 heteroatoms. The maximum absolute atomic E-state index is 12.3. The fraction of sp³-hybridized carbons (Fsp3) is 0.733. The highest BCUT2D eigenvalue weighted by molar-refractivity contribution is 5.31. The zero-order valence-corrected chi connectivity index (χ0v) is 12.7. The minimum atomic E-state index is -0.0307. The van der Waals surface area contributed by atoms with E-state index in [1.807, 2.05) is 0 Å². The first-order chi connectivity index (χ1) is 9.50. The van der Waals surface area contributed by atoms with Gasteiger partial charge in [0.1, 0.15) is 0 Å². The van der Waals surface area contributed by atoms with E-state index in [1.165, 1.54) is 0 Å². The lowest BCUT2D eigenvalue weighted by Gasteiger charge is -2.33. The summed E-state index contributed by atoms with van der Waals surface area (Å²) in [5, 5.41) is 3.24. The summed E-state index contributed by atoms with van der Waals surface area (Å²) in [6.45, 7) is 9.53. The second-order valence-electron chi connectivity index (χ2n) is 6.40. The van der Waals surface area contributed by atoms with Crippen molar-refractivity contribution in [3.8, 4) is 0 Å². The summed E-state index contributed by atoms with van der Waals surface area (Å²) >= 11 is 0. The van der Waals surface area contributed by atoms with Crippen molar-refractivity contribution in [2.75, 3.05) is 25.1 Å². The average Bonchev–Trinajstić information content (AvgIpc) is 2.40. The molecule has 1 N–H and O–H groups in total. The molecule has 20 heavy (non-hydrogen) atoms. The number of rotatable bonds is 5. The summed E-state index contributed by atoms with van der Waals surface area (Å²) < 4.78 is 7.12. The molecule has 0 radical (unpaired) electrons. The summed E-state index contributed by atoms with van der Waals surface area (Å²) in [4.78, 5) is 16.5. The first kappa shape index (κ1) is 15.0. The van der Waals surface area contributed by atoms with Crippen LogP contribution in [0.25, 0.3) is 0 Å². The molecule has 0 atom stereocenters. The number of nitrogens with one attached hydrogen (secondary N) is 1. The molecule has 0 bridgehead atoms. The first-order valence-electron chi connectivity index (χ1n) is 7.37. The van der Waals surface area contributed by atoms with Gasteiger partial charge in [-0.05, 0) is 24.2 Å². The van der Waals surface area contributed by atoms with E-state index in [9.17, 15) is 4.79 Å². The lowest BCUT2D eigenvalue weighted by atomic mass is 9.82. The van der Waals surface area contributed by atoms with Gasteiger partial charge in [0.25, 0.3) is 5.56 Å². The van der Waals surface area contributed by atoms with E-state index in [4.69, 9.17) is 4.74 Å². The molecule has 0 amide bonds. The van der Waals surface area contributed by atoms with Crippen molar-refractivity contribution in [3.05, 3.63) is 22.7 Å². The van der Waals surface area contributed by atoms with Gasteiger partial charge < -0.3 is 14.6 Å². The number of nitrogens with zero attached hydrogens (tertiary/aromatic N) is 2. The molecule has 0 aliphatic carbocycles. The van der Waals surface area contributed by atoms with Crippen molar-refractivity contribution in [2.45, 2.75) is 40.2 Å².